The lowest BCUT2D eigenvalue weighted by molar-refractivity contribution is 0.102. The van der Waals surface area contributed by atoms with E-state index >= 15 is 0 Å². The smallest absolute Gasteiger partial charge is 0.192 e. The number of nitrogens with zero attached hydrogens (tertiary/aromatic N) is 3. The largest absolute Gasteiger partial charge is 0.494 e. The van der Waals surface area contributed by atoms with Gasteiger partial charge in [0.2, 0.25) is 0 Å². The number of carbonyl (C=O) groups is 1. The molecule has 1 heterocycles. The molecule has 0 saturated carbocycles. The second-order valence-electron chi connectivity index (χ2n) is 5.81. The minimum Gasteiger partial charge on any atom is -0.494 e. The van der Waals surface area contributed by atoms with Crippen molar-refractivity contribution in [3.63, 3.8) is 0 Å². The van der Waals surface area contributed by atoms with Gasteiger partial charge < -0.3 is 4.74 Å². The average molecular weight is 321 g/mol. The SMILES string of the molecule is Cn1ncc2c1CC/C(=C/c1cccc(OCCCC#N)c1)C2=O. The molecular formula is C19H19N3O2. The summed E-state index contributed by atoms with van der Waals surface area (Å²) >= 11 is 0. The molecule has 0 atom stereocenters. The number of carbonyl (C=O) groups excluding carboxylic acids is 1. The minimum atomic E-state index is 0.0599. The molecule has 1 aliphatic carbocycles. The number of rotatable bonds is 5. The first kappa shape index (κ1) is 16.0. The first-order valence-electron chi connectivity index (χ1n) is 8.05. The molecule has 0 N–H and O–H groups in total. The average Bonchev–Trinajstić information content (AvgIpc) is 2.97. The Morgan fingerprint density at radius 3 is 3.12 bits per heavy atom. The first-order chi connectivity index (χ1) is 11.7. The summed E-state index contributed by atoms with van der Waals surface area (Å²) in [6, 6.07) is 9.78. The van der Waals surface area contributed by atoms with Gasteiger partial charge in [-0.05, 0) is 43.0 Å². The van der Waals surface area contributed by atoms with Crippen LogP contribution in [0.2, 0.25) is 0 Å². The van der Waals surface area contributed by atoms with Crippen molar-refractivity contribution >= 4 is 11.9 Å². The molecule has 0 bridgehead atoms. The topological polar surface area (TPSA) is 67.9 Å². The van der Waals surface area contributed by atoms with Crippen LogP contribution in [0.25, 0.3) is 6.08 Å². The lowest BCUT2D eigenvalue weighted by Crippen LogP contribution is -2.14. The summed E-state index contributed by atoms with van der Waals surface area (Å²) in [7, 11) is 1.87. The van der Waals surface area contributed by atoms with Crippen LogP contribution in [0.3, 0.4) is 0 Å². The van der Waals surface area contributed by atoms with Crippen molar-refractivity contribution in [2.45, 2.75) is 25.7 Å². The standard InChI is InChI=1S/C19H19N3O2/c1-22-18-8-7-15(19(23)17(18)13-21-22)11-14-5-4-6-16(12-14)24-10-3-2-9-20/h4-6,11-13H,2-3,7-8,10H2,1H3/b15-11-. The van der Waals surface area contributed by atoms with Gasteiger partial charge in [-0.2, -0.15) is 10.4 Å². The molecule has 0 unspecified atom stereocenters. The maximum Gasteiger partial charge on any atom is 0.192 e. The van der Waals surface area contributed by atoms with E-state index in [9.17, 15) is 4.79 Å². The molecule has 24 heavy (non-hydrogen) atoms. The summed E-state index contributed by atoms with van der Waals surface area (Å²) in [4.78, 5) is 12.6. The van der Waals surface area contributed by atoms with Gasteiger partial charge in [-0.15, -0.1) is 0 Å². The second kappa shape index (κ2) is 7.14. The number of ether oxygens (including phenoxy) is 1. The molecule has 1 aliphatic rings. The number of allylic oxidation sites excluding steroid dienone is 1. The number of ketones is 1. The Hall–Kier alpha value is -2.87. The van der Waals surface area contributed by atoms with Crippen molar-refractivity contribution in [1.29, 1.82) is 5.26 Å². The highest BCUT2D eigenvalue weighted by Gasteiger charge is 2.24. The lowest BCUT2D eigenvalue weighted by atomic mass is 9.90. The first-order valence-corrected chi connectivity index (χ1v) is 8.05. The van der Waals surface area contributed by atoms with Gasteiger partial charge >= 0.3 is 0 Å². The maximum atomic E-state index is 12.6. The van der Waals surface area contributed by atoms with E-state index in [-0.39, 0.29) is 5.78 Å². The number of hydrogen-bond acceptors (Lipinski definition) is 4. The zero-order valence-corrected chi connectivity index (χ0v) is 13.7. The Kier molecular flexibility index (Phi) is 4.76. The number of hydrogen-bond donors (Lipinski definition) is 0. The van der Waals surface area contributed by atoms with Crippen LogP contribution in [0.4, 0.5) is 0 Å². The Morgan fingerprint density at radius 1 is 1.42 bits per heavy atom. The Morgan fingerprint density at radius 2 is 2.29 bits per heavy atom. The van der Waals surface area contributed by atoms with Crippen LogP contribution in [-0.4, -0.2) is 22.2 Å². The van der Waals surface area contributed by atoms with Crippen molar-refractivity contribution < 1.29 is 9.53 Å². The molecule has 0 saturated heterocycles. The summed E-state index contributed by atoms with van der Waals surface area (Å²) in [6.45, 7) is 0.519. The second-order valence-corrected chi connectivity index (χ2v) is 5.81. The Balaban J connectivity index is 1.75. The third-order valence-electron chi connectivity index (χ3n) is 4.13. The number of Topliss-reactive ketones (excluding diaryl/α,β-unsaturated/α-hetero) is 1. The number of unbranched alkanes of at least 4 members (excludes halogenated alkanes) is 1. The predicted molar refractivity (Wildman–Crippen MR) is 90.6 cm³/mol. The molecule has 1 aromatic carbocycles. The molecule has 0 amide bonds. The van der Waals surface area contributed by atoms with E-state index in [1.807, 2.05) is 37.4 Å². The molecule has 0 radical (unpaired) electrons. The quantitative estimate of drug-likeness (QED) is 0.626. The third kappa shape index (κ3) is 3.38. The van der Waals surface area contributed by atoms with Crippen LogP contribution in [0.1, 0.15) is 40.9 Å². The van der Waals surface area contributed by atoms with Gasteiger partial charge in [0.1, 0.15) is 5.75 Å². The summed E-state index contributed by atoms with van der Waals surface area (Å²) in [5, 5.41) is 12.7. The van der Waals surface area contributed by atoms with Crippen molar-refractivity contribution in [3.05, 3.63) is 52.9 Å². The molecule has 3 rings (SSSR count). The van der Waals surface area contributed by atoms with E-state index in [0.29, 0.717) is 25.0 Å². The van der Waals surface area contributed by atoms with Crippen LogP contribution in [0.5, 0.6) is 5.75 Å². The number of aryl methyl sites for hydroxylation is 1. The minimum absolute atomic E-state index is 0.0599. The maximum absolute atomic E-state index is 12.6. The van der Waals surface area contributed by atoms with Gasteiger partial charge in [0.25, 0.3) is 0 Å². The van der Waals surface area contributed by atoms with Crippen LogP contribution in [0.15, 0.2) is 36.0 Å². The summed E-state index contributed by atoms with van der Waals surface area (Å²) in [5.74, 6) is 0.817. The zero-order valence-electron chi connectivity index (χ0n) is 13.7. The normalized spacial score (nSPS) is 15.2. The predicted octanol–water partition coefficient (Wildman–Crippen LogP) is 3.32. The monoisotopic (exact) mass is 321 g/mol. The molecule has 2 aromatic rings. The lowest BCUT2D eigenvalue weighted by Gasteiger charge is -2.14. The number of aromatic nitrogens is 2. The zero-order chi connectivity index (χ0) is 16.9. The van der Waals surface area contributed by atoms with Gasteiger partial charge in [-0.1, -0.05) is 12.1 Å². The summed E-state index contributed by atoms with van der Waals surface area (Å²) in [6.07, 6.45) is 6.34. The fourth-order valence-corrected chi connectivity index (χ4v) is 2.86. The molecule has 0 spiro atoms. The van der Waals surface area contributed by atoms with Crippen LogP contribution in [0, 0.1) is 11.3 Å². The fraction of sp³-hybridized carbons (Fsp3) is 0.316. The van der Waals surface area contributed by atoms with Crippen molar-refractivity contribution in [2.75, 3.05) is 6.61 Å². The highest BCUT2D eigenvalue weighted by molar-refractivity contribution is 6.12. The molecule has 5 nitrogen and oxygen atoms in total. The Bertz CT molecular complexity index is 827. The van der Waals surface area contributed by atoms with Gasteiger partial charge in [-0.25, -0.2) is 0 Å². The molecule has 5 heteroatoms. The highest BCUT2D eigenvalue weighted by atomic mass is 16.5. The van der Waals surface area contributed by atoms with Gasteiger partial charge in [0.15, 0.2) is 5.78 Å². The molecule has 0 aliphatic heterocycles. The fourth-order valence-electron chi connectivity index (χ4n) is 2.86. The van der Waals surface area contributed by atoms with E-state index in [1.165, 1.54) is 0 Å². The summed E-state index contributed by atoms with van der Waals surface area (Å²) < 4.78 is 7.42. The molecule has 122 valence electrons. The molecule has 1 aromatic heterocycles. The highest BCUT2D eigenvalue weighted by Crippen LogP contribution is 2.27. The van der Waals surface area contributed by atoms with E-state index < -0.39 is 0 Å². The van der Waals surface area contributed by atoms with Gasteiger partial charge in [0, 0.05) is 24.7 Å². The van der Waals surface area contributed by atoms with E-state index in [4.69, 9.17) is 10.00 Å². The molecule has 0 fully saturated rings. The Labute approximate surface area is 141 Å². The van der Waals surface area contributed by atoms with Crippen LogP contribution >= 0.6 is 0 Å². The summed E-state index contributed by atoms with van der Waals surface area (Å²) in [5.41, 5.74) is 3.46. The van der Waals surface area contributed by atoms with Crippen LogP contribution in [-0.2, 0) is 13.5 Å². The van der Waals surface area contributed by atoms with Crippen molar-refractivity contribution in [2.24, 2.45) is 7.05 Å². The number of fused-ring (bicyclic) bond motifs is 1. The van der Waals surface area contributed by atoms with Crippen LogP contribution < -0.4 is 4.74 Å². The van der Waals surface area contributed by atoms with Gasteiger partial charge in [0.05, 0.1) is 24.4 Å². The third-order valence-corrected chi connectivity index (χ3v) is 4.13. The number of benzene rings is 1. The van der Waals surface area contributed by atoms with E-state index in [1.54, 1.807) is 10.9 Å². The van der Waals surface area contributed by atoms with E-state index in [2.05, 4.69) is 11.2 Å². The van der Waals surface area contributed by atoms with Crippen molar-refractivity contribution in [1.82, 2.24) is 9.78 Å². The molecular weight excluding hydrogens is 302 g/mol. The van der Waals surface area contributed by atoms with Crippen molar-refractivity contribution in [3.8, 4) is 11.8 Å². The number of nitriles is 1. The van der Waals surface area contributed by atoms with Gasteiger partial charge in [-0.3, -0.25) is 9.48 Å². The van der Waals surface area contributed by atoms with E-state index in [0.717, 1.165) is 35.4 Å².